The monoisotopic (exact) mass is 163 g/mol. The van der Waals surface area contributed by atoms with Gasteiger partial charge in [-0.2, -0.15) is 12.6 Å². The maximum absolute atomic E-state index is 10.2. The molecule has 0 heterocycles. The van der Waals surface area contributed by atoms with Crippen molar-refractivity contribution in [3.05, 3.63) is 0 Å². The Kier molecular flexibility index (Phi) is 4.47. The average Bonchev–Trinajstić information content (AvgIpc) is 1.85. The molecule has 0 radical (unpaired) electrons. The highest BCUT2D eigenvalue weighted by Crippen LogP contribution is 2.04. The Bertz CT molecular complexity index is 118. The molecule has 0 aromatic rings. The van der Waals surface area contributed by atoms with E-state index in [0.717, 1.165) is 6.54 Å². The number of hydrogen-bond donors (Lipinski definition) is 2. The molecular formula is C6H13NO2S. The number of rotatable bonds is 4. The Hall–Kier alpha value is -0.220. The molecule has 0 aliphatic heterocycles. The second-order valence-corrected chi connectivity index (χ2v) is 2.75. The summed E-state index contributed by atoms with van der Waals surface area (Å²) in [5, 5.41) is 8.19. The smallest absolute Gasteiger partial charge is 0.305 e. The van der Waals surface area contributed by atoms with E-state index in [0.29, 0.717) is 0 Å². The molecule has 0 aliphatic carbocycles. The third-order valence-electron chi connectivity index (χ3n) is 1.36. The normalized spacial score (nSPS) is 13.6. The van der Waals surface area contributed by atoms with Crippen LogP contribution < -0.4 is 0 Å². The van der Waals surface area contributed by atoms with Gasteiger partial charge in [-0.1, -0.05) is 6.92 Å². The van der Waals surface area contributed by atoms with Gasteiger partial charge in [-0.05, 0) is 13.6 Å². The van der Waals surface area contributed by atoms with Crippen LogP contribution in [0, 0.1) is 0 Å². The second kappa shape index (κ2) is 4.57. The Balaban J connectivity index is 3.61. The topological polar surface area (TPSA) is 40.5 Å². The number of aliphatic carboxylic acids is 1. The van der Waals surface area contributed by atoms with Crippen molar-refractivity contribution in [2.45, 2.75) is 18.7 Å². The van der Waals surface area contributed by atoms with Crippen LogP contribution in [0.15, 0.2) is 0 Å². The molecule has 3 nitrogen and oxygen atoms in total. The predicted molar refractivity (Wildman–Crippen MR) is 43.3 cm³/mol. The van der Waals surface area contributed by atoms with Crippen molar-refractivity contribution in [3.63, 3.8) is 0 Å². The van der Waals surface area contributed by atoms with Gasteiger partial charge in [0.2, 0.25) is 0 Å². The Morgan fingerprint density at radius 3 is 2.60 bits per heavy atom. The minimum atomic E-state index is -0.805. The van der Waals surface area contributed by atoms with Gasteiger partial charge in [-0.3, -0.25) is 9.69 Å². The number of carboxylic acids is 1. The van der Waals surface area contributed by atoms with Gasteiger partial charge < -0.3 is 5.11 Å². The Morgan fingerprint density at radius 1 is 1.80 bits per heavy atom. The number of thiol groups is 1. The first kappa shape index (κ1) is 9.78. The molecule has 60 valence electrons. The largest absolute Gasteiger partial charge is 0.481 e. The van der Waals surface area contributed by atoms with Crippen molar-refractivity contribution >= 4 is 18.6 Å². The molecule has 0 amide bonds. The van der Waals surface area contributed by atoms with Crippen molar-refractivity contribution in [3.8, 4) is 0 Å². The lowest BCUT2D eigenvalue weighted by Crippen LogP contribution is -2.28. The summed E-state index contributed by atoms with van der Waals surface area (Å²) in [6.07, 6.45) is 0.0907. The van der Waals surface area contributed by atoms with Crippen LogP contribution >= 0.6 is 12.6 Å². The zero-order valence-corrected chi connectivity index (χ0v) is 7.14. The van der Waals surface area contributed by atoms with Crippen LogP contribution in [0.4, 0.5) is 0 Å². The molecule has 10 heavy (non-hydrogen) atoms. The van der Waals surface area contributed by atoms with Gasteiger partial charge in [0, 0.05) is 0 Å². The molecule has 1 N–H and O–H groups in total. The fourth-order valence-electron chi connectivity index (χ4n) is 0.523. The first-order valence-corrected chi connectivity index (χ1v) is 3.69. The fourth-order valence-corrected chi connectivity index (χ4v) is 0.842. The summed E-state index contributed by atoms with van der Waals surface area (Å²) in [7, 11) is 1.85. The van der Waals surface area contributed by atoms with E-state index in [-0.39, 0.29) is 11.8 Å². The van der Waals surface area contributed by atoms with Crippen LogP contribution in [0.25, 0.3) is 0 Å². The summed E-state index contributed by atoms with van der Waals surface area (Å²) in [5.74, 6) is -0.805. The molecule has 0 spiro atoms. The van der Waals surface area contributed by atoms with Gasteiger partial charge in [0.25, 0.3) is 0 Å². The zero-order valence-electron chi connectivity index (χ0n) is 6.24. The zero-order chi connectivity index (χ0) is 8.15. The molecule has 0 saturated heterocycles. The van der Waals surface area contributed by atoms with Crippen molar-refractivity contribution in [1.82, 2.24) is 4.90 Å². The fraction of sp³-hybridized carbons (Fsp3) is 0.833. The minimum absolute atomic E-state index is 0.0907. The van der Waals surface area contributed by atoms with E-state index in [1.54, 1.807) is 0 Å². The quantitative estimate of drug-likeness (QED) is 0.472. The van der Waals surface area contributed by atoms with Crippen molar-refractivity contribution in [1.29, 1.82) is 0 Å². The second-order valence-electron chi connectivity index (χ2n) is 2.15. The highest BCUT2D eigenvalue weighted by Gasteiger charge is 2.11. The maximum atomic E-state index is 10.2. The molecule has 4 heteroatoms. The minimum Gasteiger partial charge on any atom is -0.481 e. The van der Waals surface area contributed by atoms with E-state index in [4.69, 9.17) is 5.11 Å². The molecule has 0 aliphatic rings. The number of nitrogens with zero attached hydrogens (tertiary/aromatic N) is 1. The van der Waals surface area contributed by atoms with E-state index in [1.807, 2.05) is 18.9 Å². The van der Waals surface area contributed by atoms with Crippen LogP contribution in [0.2, 0.25) is 0 Å². The molecular weight excluding hydrogens is 150 g/mol. The van der Waals surface area contributed by atoms with E-state index in [9.17, 15) is 4.79 Å². The number of carbonyl (C=O) groups is 1. The SMILES string of the molecule is CCN(C)C(S)CC(=O)O. The van der Waals surface area contributed by atoms with Gasteiger partial charge in [0.1, 0.15) is 0 Å². The van der Waals surface area contributed by atoms with Gasteiger partial charge >= 0.3 is 5.97 Å². The van der Waals surface area contributed by atoms with Gasteiger partial charge in [-0.25, -0.2) is 0 Å². The van der Waals surface area contributed by atoms with Gasteiger partial charge in [-0.15, -0.1) is 0 Å². The van der Waals surface area contributed by atoms with Crippen LogP contribution in [-0.2, 0) is 4.79 Å². The summed E-state index contributed by atoms with van der Waals surface area (Å²) < 4.78 is 0. The highest BCUT2D eigenvalue weighted by atomic mass is 32.1. The average molecular weight is 163 g/mol. The van der Waals surface area contributed by atoms with E-state index in [2.05, 4.69) is 12.6 Å². The first-order chi connectivity index (χ1) is 4.57. The third-order valence-corrected chi connectivity index (χ3v) is 1.94. The highest BCUT2D eigenvalue weighted by molar-refractivity contribution is 7.80. The summed E-state index contributed by atoms with van der Waals surface area (Å²) >= 11 is 4.09. The predicted octanol–water partition coefficient (Wildman–Crippen LogP) is 0.669. The molecule has 0 aromatic carbocycles. The summed E-state index contributed by atoms with van der Waals surface area (Å²) in [6.45, 7) is 2.78. The van der Waals surface area contributed by atoms with Crippen LogP contribution in [0.1, 0.15) is 13.3 Å². The van der Waals surface area contributed by atoms with Crippen molar-refractivity contribution in [2.24, 2.45) is 0 Å². The summed E-state index contributed by atoms with van der Waals surface area (Å²) in [4.78, 5) is 12.0. The Morgan fingerprint density at radius 2 is 2.30 bits per heavy atom. The van der Waals surface area contributed by atoms with E-state index < -0.39 is 5.97 Å². The molecule has 1 unspecified atom stereocenters. The van der Waals surface area contributed by atoms with Crippen molar-refractivity contribution < 1.29 is 9.90 Å². The lowest BCUT2D eigenvalue weighted by molar-refractivity contribution is -0.137. The maximum Gasteiger partial charge on any atom is 0.305 e. The summed E-state index contributed by atoms with van der Waals surface area (Å²) in [5.41, 5.74) is 0. The standard InChI is InChI=1S/C6H13NO2S/c1-3-7(2)5(10)4-6(8)9/h5,10H,3-4H2,1-2H3,(H,8,9). The third kappa shape index (κ3) is 3.74. The van der Waals surface area contributed by atoms with Gasteiger partial charge in [0.05, 0.1) is 11.8 Å². The van der Waals surface area contributed by atoms with E-state index >= 15 is 0 Å². The lowest BCUT2D eigenvalue weighted by Gasteiger charge is -2.19. The van der Waals surface area contributed by atoms with Gasteiger partial charge in [0.15, 0.2) is 0 Å². The molecule has 0 aromatic heterocycles. The lowest BCUT2D eigenvalue weighted by atomic mass is 10.4. The van der Waals surface area contributed by atoms with E-state index in [1.165, 1.54) is 0 Å². The molecule has 0 rings (SSSR count). The number of hydrogen-bond acceptors (Lipinski definition) is 3. The number of carboxylic acid groups (broad SMARTS) is 1. The van der Waals surface area contributed by atoms with Crippen LogP contribution in [0.3, 0.4) is 0 Å². The summed E-state index contributed by atoms with van der Waals surface area (Å²) in [6, 6.07) is 0. The molecule has 1 atom stereocenters. The molecule has 0 bridgehead atoms. The van der Waals surface area contributed by atoms with Crippen LogP contribution in [-0.4, -0.2) is 34.9 Å². The van der Waals surface area contributed by atoms with Crippen LogP contribution in [0.5, 0.6) is 0 Å². The molecule has 0 saturated carbocycles. The van der Waals surface area contributed by atoms with Crippen molar-refractivity contribution in [2.75, 3.05) is 13.6 Å². The Labute approximate surface area is 66.4 Å². The molecule has 0 fully saturated rings. The first-order valence-electron chi connectivity index (χ1n) is 3.18.